The maximum atomic E-state index is 12.9. The molecule has 28 heavy (non-hydrogen) atoms. The molecule has 0 bridgehead atoms. The van der Waals surface area contributed by atoms with E-state index in [1.165, 1.54) is 12.1 Å². The molecule has 2 rings (SSSR count). The Morgan fingerprint density at radius 1 is 1.04 bits per heavy atom. The zero-order chi connectivity index (χ0) is 20.9. The van der Waals surface area contributed by atoms with Gasteiger partial charge in [-0.1, -0.05) is 54.6 Å². The second-order valence-electron chi connectivity index (χ2n) is 5.97. The molecule has 0 fully saturated rings. The highest BCUT2D eigenvalue weighted by Crippen LogP contribution is 2.36. The van der Waals surface area contributed by atoms with E-state index >= 15 is 0 Å². The summed E-state index contributed by atoms with van der Waals surface area (Å²) in [6, 6.07) is 5.32. The fourth-order valence-corrected chi connectivity index (χ4v) is 3.11. The van der Waals surface area contributed by atoms with Crippen LogP contribution in [0.2, 0.25) is 15.1 Å². The first-order chi connectivity index (χ1) is 13.1. The number of hydrogen-bond acceptors (Lipinski definition) is 2. The van der Waals surface area contributed by atoms with Gasteiger partial charge in [-0.05, 0) is 36.8 Å². The quantitative estimate of drug-likeness (QED) is 0.440. The fourth-order valence-electron chi connectivity index (χ4n) is 2.35. The van der Waals surface area contributed by atoms with Crippen LogP contribution in [0.1, 0.15) is 42.1 Å². The van der Waals surface area contributed by atoms with Crippen molar-refractivity contribution in [3.05, 3.63) is 56.5 Å². The minimum atomic E-state index is -4.56. The van der Waals surface area contributed by atoms with E-state index < -0.39 is 17.6 Å². The highest BCUT2D eigenvalue weighted by atomic mass is 35.5. The van der Waals surface area contributed by atoms with Crippen molar-refractivity contribution in [2.75, 3.05) is 11.9 Å². The van der Waals surface area contributed by atoms with Crippen molar-refractivity contribution in [3.63, 3.8) is 0 Å². The second-order valence-corrected chi connectivity index (χ2v) is 7.19. The molecule has 0 aromatic heterocycles. The first kappa shape index (κ1) is 22.7. The van der Waals surface area contributed by atoms with Crippen LogP contribution in [0.3, 0.4) is 0 Å². The van der Waals surface area contributed by atoms with Crippen LogP contribution in [-0.2, 0) is 6.18 Å². The van der Waals surface area contributed by atoms with E-state index in [4.69, 9.17) is 39.5 Å². The van der Waals surface area contributed by atoms with Gasteiger partial charge in [-0.2, -0.15) is 13.2 Å². The van der Waals surface area contributed by atoms with Crippen LogP contribution in [0.25, 0.3) is 0 Å². The van der Waals surface area contributed by atoms with Gasteiger partial charge in [-0.15, -0.1) is 0 Å². The molecule has 0 aliphatic heterocycles. The van der Waals surface area contributed by atoms with Crippen LogP contribution in [0.4, 0.5) is 18.9 Å². The van der Waals surface area contributed by atoms with Gasteiger partial charge in [0.15, 0.2) is 5.75 Å². The first-order valence-electron chi connectivity index (χ1n) is 8.43. The third-order valence-corrected chi connectivity index (χ3v) is 4.69. The van der Waals surface area contributed by atoms with E-state index in [-0.39, 0.29) is 32.1 Å². The molecule has 0 unspecified atom stereocenters. The lowest BCUT2D eigenvalue weighted by Gasteiger charge is -2.13. The molecule has 0 spiro atoms. The van der Waals surface area contributed by atoms with E-state index in [9.17, 15) is 18.0 Å². The normalized spacial score (nSPS) is 11.4. The summed E-state index contributed by atoms with van der Waals surface area (Å²) in [5.41, 5.74) is -1.04. The van der Waals surface area contributed by atoms with Gasteiger partial charge >= 0.3 is 6.18 Å². The lowest BCUT2D eigenvalue weighted by molar-refractivity contribution is -0.137. The van der Waals surface area contributed by atoms with E-state index in [1.807, 2.05) is 0 Å². The predicted octanol–water partition coefficient (Wildman–Crippen LogP) is 7.49. The average molecular weight is 455 g/mol. The average Bonchev–Trinajstić information content (AvgIpc) is 2.61. The number of benzene rings is 2. The smallest absolute Gasteiger partial charge is 0.416 e. The van der Waals surface area contributed by atoms with Crippen molar-refractivity contribution in [1.29, 1.82) is 0 Å². The topological polar surface area (TPSA) is 38.3 Å². The third kappa shape index (κ3) is 5.93. The summed E-state index contributed by atoms with van der Waals surface area (Å²) in [6.45, 7) is 2.49. The standard InChI is InChI=1S/C19H17Cl3F3NO2/c1-2-3-4-7-28-17-14(21)8-11(9-15(17)22)18(27)26-16-10-12(19(23,24)25)5-6-13(16)20/h5-6,8-10H,2-4,7H2,1H3,(H,26,27). The largest absolute Gasteiger partial charge is 0.490 e. The van der Waals surface area contributed by atoms with Crippen molar-refractivity contribution in [2.45, 2.75) is 32.4 Å². The summed E-state index contributed by atoms with van der Waals surface area (Å²) < 4.78 is 44.1. The third-order valence-electron chi connectivity index (χ3n) is 3.80. The van der Waals surface area contributed by atoms with Gasteiger partial charge in [0, 0.05) is 5.56 Å². The Balaban J connectivity index is 2.19. The second kappa shape index (κ2) is 9.72. The monoisotopic (exact) mass is 453 g/mol. The molecular weight excluding hydrogens is 438 g/mol. The molecule has 0 saturated carbocycles. The summed E-state index contributed by atoms with van der Waals surface area (Å²) in [5, 5.41) is 2.57. The van der Waals surface area contributed by atoms with Crippen molar-refractivity contribution >= 4 is 46.4 Å². The molecule has 0 saturated heterocycles. The minimum Gasteiger partial charge on any atom is -0.490 e. The first-order valence-corrected chi connectivity index (χ1v) is 9.56. The highest BCUT2D eigenvalue weighted by Gasteiger charge is 2.31. The van der Waals surface area contributed by atoms with Gasteiger partial charge < -0.3 is 10.1 Å². The van der Waals surface area contributed by atoms with Gasteiger partial charge in [0.25, 0.3) is 5.91 Å². The van der Waals surface area contributed by atoms with Crippen LogP contribution in [0, 0.1) is 0 Å². The number of amides is 1. The van der Waals surface area contributed by atoms with Gasteiger partial charge in [0.1, 0.15) is 0 Å². The molecule has 1 amide bonds. The molecule has 0 atom stereocenters. The van der Waals surface area contributed by atoms with Crippen molar-refractivity contribution in [3.8, 4) is 5.75 Å². The van der Waals surface area contributed by atoms with Crippen LogP contribution in [-0.4, -0.2) is 12.5 Å². The van der Waals surface area contributed by atoms with Crippen LogP contribution in [0.15, 0.2) is 30.3 Å². The summed E-state index contributed by atoms with van der Waals surface area (Å²) in [6.07, 6.45) is -1.71. The number of halogens is 6. The van der Waals surface area contributed by atoms with Crippen LogP contribution >= 0.6 is 34.8 Å². The summed E-state index contributed by atoms with van der Waals surface area (Å²) in [4.78, 5) is 12.4. The number of ether oxygens (including phenoxy) is 1. The van der Waals surface area contributed by atoms with Crippen LogP contribution in [0.5, 0.6) is 5.75 Å². The Bertz CT molecular complexity index is 834. The van der Waals surface area contributed by atoms with Gasteiger partial charge in [-0.3, -0.25) is 4.79 Å². The van der Waals surface area contributed by atoms with E-state index in [1.54, 1.807) is 0 Å². The molecule has 0 aliphatic carbocycles. The van der Waals surface area contributed by atoms with Gasteiger partial charge in [-0.25, -0.2) is 0 Å². The molecule has 9 heteroatoms. The molecule has 152 valence electrons. The SMILES string of the molecule is CCCCCOc1c(Cl)cc(C(=O)Nc2cc(C(F)(F)F)ccc2Cl)cc1Cl. The number of nitrogens with one attached hydrogen (secondary N) is 1. The zero-order valence-electron chi connectivity index (χ0n) is 14.8. The van der Waals surface area contributed by atoms with Crippen molar-refractivity contribution in [2.24, 2.45) is 0 Å². The Morgan fingerprint density at radius 3 is 2.25 bits per heavy atom. The molecule has 0 radical (unpaired) electrons. The Morgan fingerprint density at radius 2 is 1.68 bits per heavy atom. The Kier molecular flexibility index (Phi) is 7.87. The molecule has 0 aliphatic rings. The number of anilines is 1. The fraction of sp³-hybridized carbons (Fsp3) is 0.316. The van der Waals surface area contributed by atoms with E-state index in [2.05, 4.69) is 12.2 Å². The minimum absolute atomic E-state index is 0.0329. The van der Waals surface area contributed by atoms with Gasteiger partial charge in [0.2, 0.25) is 0 Å². The molecule has 1 N–H and O–H groups in total. The van der Waals surface area contributed by atoms with Gasteiger partial charge in [0.05, 0.1) is 32.9 Å². The summed E-state index contributed by atoms with van der Waals surface area (Å²) in [7, 11) is 0. The predicted molar refractivity (Wildman–Crippen MR) is 106 cm³/mol. The number of carbonyl (C=O) groups excluding carboxylic acids is 1. The van der Waals surface area contributed by atoms with Crippen LogP contribution < -0.4 is 10.1 Å². The Labute approximate surface area is 175 Å². The summed E-state index contributed by atoms with van der Waals surface area (Å²) >= 11 is 18.2. The lowest BCUT2D eigenvalue weighted by atomic mass is 10.1. The number of unbranched alkanes of at least 4 members (excludes halogenated alkanes) is 2. The van der Waals surface area contributed by atoms with Crippen molar-refractivity contribution in [1.82, 2.24) is 0 Å². The number of rotatable bonds is 7. The molecule has 2 aromatic rings. The number of hydrogen-bond donors (Lipinski definition) is 1. The maximum Gasteiger partial charge on any atom is 0.416 e. The number of alkyl halides is 3. The Hall–Kier alpha value is -1.63. The molecule has 2 aromatic carbocycles. The number of carbonyl (C=O) groups is 1. The zero-order valence-corrected chi connectivity index (χ0v) is 17.1. The highest BCUT2D eigenvalue weighted by molar-refractivity contribution is 6.38. The molecular formula is C19H17Cl3F3NO2. The maximum absolute atomic E-state index is 12.9. The van der Waals surface area contributed by atoms with Crippen molar-refractivity contribution < 1.29 is 22.7 Å². The van der Waals surface area contributed by atoms with E-state index in [0.717, 1.165) is 37.5 Å². The molecule has 0 heterocycles. The van der Waals surface area contributed by atoms with E-state index in [0.29, 0.717) is 6.61 Å². The summed E-state index contributed by atoms with van der Waals surface area (Å²) in [5.74, 6) is -0.448. The lowest BCUT2D eigenvalue weighted by Crippen LogP contribution is -2.14. The molecule has 3 nitrogen and oxygen atoms in total.